The Hall–Kier alpha value is -1.69. The summed E-state index contributed by atoms with van der Waals surface area (Å²) in [6, 6.07) is 3.92. The molecule has 2 aromatic heterocycles. The van der Waals surface area contributed by atoms with E-state index < -0.39 is 0 Å². The Morgan fingerprint density at radius 1 is 1.47 bits per heavy atom. The van der Waals surface area contributed by atoms with Crippen molar-refractivity contribution < 1.29 is 4.74 Å². The highest BCUT2D eigenvalue weighted by atomic mass is 32.1. The zero-order chi connectivity index (χ0) is 13.1. The third-order valence-corrected chi connectivity index (χ3v) is 3.63. The summed E-state index contributed by atoms with van der Waals surface area (Å²) in [6.45, 7) is 3.23. The molecule has 1 aliphatic rings. The Balaban J connectivity index is 1.64. The highest BCUT2D eigenvalue weighted by Gasteiger charge is 2.27. The van der Waals surface area contributed by atoms with Crippen molar-refractivity contribution in [3.05, 3.63) is 29.7 Å². The van der Waals surface area contributed by atoms with Gasteiger partial charge in [-0.2, -0.15) is 4.37 Å². The summed E-state index contributed by atoms with van der Waals surface area (Å²) < 4.78 is 9.87. The Bertz CT molecular complexity index is 553. The molecule has 6 heteroatoms. The average molecular weight is 276 g/mol. The van der Waals surface area contributed by atoms with Crippen LogP contribution in [0.3, 0.4) is 0 Å². The number of aromatic nitrogens is 3. The zero-order valence-corrected chi connectivity index (χ0v) is 11.6. The van der Waals surface area contributed by atoms with Crippen LogP contribution in [0.2, 0.25) is 0 Å². The number of hydrogen-bond donors (Lipinski definition) is 1. The van der Waals surface area contributed by atoms with Gasteiger partial charge in [-0.15, -0.1) is 0 Å². The third kappa shape index (κ3) is 3.01. The fourth-order valence-electron chi connectivity index (χ4n) is 1.81. The number of rotatable bonds is 6. The summed E-state index contributed by atoms with van der Waals surface area (Å²) in [5.41, 5.74) is 1.03. The van der Waals surface area contributed by atoms with Crippen LogP contribution in [-0.4, -0.2) is 20.9 Å². The molecule has 1 saturated carbocycles. The molecule has 0 aromatic carbocycles. The number of pyridine rings is 1. The first-order chi connectivity index (χ1) is 9.36. The van der Waals surface area contributed by atoms with Crippen LogP contribution in [0.15, 0.2) is 18.3 Å². The molecule has 0 unspecified atom stereocenters. The van der Waals surface area contributed by atoms with Gasteiger partial charge in [-0.25, -0.2) is 9.97 Å². The van der Waals surface area contributed by atoms with E-state index >= 15 is 0 Å². The van der Waals surface area contributed by atoms with Gasteiger partial charge in [-0.3, -0.25) is 0 Å². The van der Waals surface area contributed by atoms with Crippen molar-refractivity contribution in [2.45, 2.75) is 32.2 Å². The average Bonchev–Trinajstić information content (AvgIpc) is 3.18. The molecule has 0 aliphatic heterocycles. The molecule has 0 amide bonds. The van der Waals surface area contributed by atoms with Crippen molar-refractivity contribution in [3.8, 4) is 5.88 Å². The second kappa shape index (κ2) is 5.52. The smallest absolute Gasteiger partial charge is 0.218 e. The molecule has 0 spiro atoms. The highest BCUT2D eigenvalue weighted by molar-refractivity contribution is 7.09. The minimum absolute atomic E-state index is 0.601. The Morgan fingerprint density at radius 3 is 3.16 bits per heavy atom. The fourth-order valence-corrected chi connectivity index (χ4v) is 2.45. The second-order valence-corrected chi connectivity index (χ2v) is 5.24. The molecule has 1 aliphatic carbocycles. The van der Waals surface area contributed by atoms with Gasteiger partial charge in [0.15, 0.2) is 0 Å². The van der Waals surface area contributed by atoms with Gasteiger partial charge in [-0.1, -0.05) is 6.07 Å². The van der Waals surface area contributed by atoms with E-state index in [4.69, 9.17) is 4.74 Å². The third-order valence-electron chi connectivity index (χ3n) is 2.95. The van der Waals surface area contributed by atoms with Crippen molar-refractivity contribution in [3.63, 3.8) is 0 Å². The first-order valence-corrected chi connectivity index (χ1v) is 7.28. The lowest BCUT2D eigenvalue weighted by atomic mass is 10.3. The summed E-state index contributed by atoms with van der Waals surface area (Å²) in [5.74, 6) is 2.28. The summed E-state index contributed by atoms with van der Waals surface area (Å²) in [6.07, 6.45) is 4.20. The standard InChI is InChI=1S/C13H16N4OS/c1-2-18-12-10(4-3-7-14-12)8-15-13-16-11(17-19-13)9-5-6-9/h3-4,7,9H,2,5-6,8H2,1H3,(H,15,16,17). The molecule has 0 radical (unpaired) electrons. The number of hydrogen-bond acceptors (Lipinski definition) is 6. The second-order valence-electron chi connectivity index (χ2n) is 4.49. The van der Waals surface area contributed by atoms with E-state index in [0.29, 0.717) is 24.9 Å². The highest BCUT2D eigenvalue weighted by Crippen LogP contribution is 2.39. The van der Waals surface area contributed by atoms with E-state index in [0.717, 1.165) is 16.5 Å². The van der Waals surface area contributed by atoms with Crippen LogP contribution in [0.25, 0.3) is 0 Å². The van der Waals surface area contributed by atoms with Gasteiger partial charge in [-0.05, 0) is 25.8 Å². The molecule has 5 nitrogen and oxygen atoms in total. The normalized spacial score (nSPS) is 14.4. The fraction of sp³-hybridized carbons (Fsp3) is 0.462. The molecule has 0 atom stereocenters. The van der Waals surface area contributed by atoms with Crippen molar-refractivity contribution in [1.82, 2.24) is 14.3 Å². The molecule has 19 heavy (non-hydrogen) atoms. The molecule has 1 fully saturated rings. The van der Waals surface area contributed by atoms with Gasteiger partial charge in [0.25, 0.3) is 0 Å². The Kier molecular flexibility index (Phi) is 3.59. The maximum atomic E-state index is 5.50. The molecule has 1 N–H and O–H groups in total. The van der Waals surface area contributed by atoms with Gasteiger partial charge < -0.3 is 10.1 Å². The monoisotopic (exact) mass is 276 g/mol. The largest absolute Gasteiger partial charge is 0.478 e. The minimum Gasteiger partial charge on any atom is -0.478 e. The molecule has 100 valence electrons. The SMILES string of the molecule is CCOc1ncccc1CNc1nc(C2CC2)ns1. The maximum Gasteiger partial charge on any atom is 0.218 e. The topological polar surface area (TPSA) is 59.9 Å². The Labute approximate surface area is 116 Å². The van der Waals surface area contributed by atoms with Crippen LogP contribution < -0.4 is 10.1 Å². The van der Waals surface area contributed by atoms with E-state index in [9.17, 15) is 0 Å². The van der Waals surface area contributed by atoms with E-state index in [1.54, 1.807) is 6.20 Å². The van der Waals surface area contributed by atoms with Crippen LogP contribution in [0.1, 0.15) is 37.1 Å². The molecule has 2 heterocycles. The lowest BCUT2D eigenvalue weighted by molar-refractivity contribution is 0.323. The van der Waals surface area contributed by atoms with Crippen LogP contribution in [-0.2, 0) is 6.54 Å². The quantitative estimate of drug-likeness (QED) is 0.879. The number of nitrogens with one attached hydrogen (secondary N) is 1. The van der Waals surface area contributed by atoms with E-state index in [1.807, 2.05) is 19.1 Å². The lowest BCUT2D eigenvalue weighted by Crippen LogP contribution is -2.04. The number of ether oxygens (including phenoxy) is 1. The predicted molar refractivity (Wildman–Crippen MR) is 74.6 cm³/mol. The van der Waals surface area contributed by atoms with Gasteiger partial charge >= 0.3 is 0 Å². The van der Waals surface area contributed by atoms with Gasteiger partial charge in [0.2, 0.25) is 11.0 Å². The van der Waals surface area contributed by atoms with Crippen molar-refractivity contribution in [2.24, 2.45) is 0 Å². The Morgan fingerprint density at radius 2 is 2.37 bits per heavy atom. The molecule has 3 rings (SSSR count). The van der Waals surface area contributed by atoms with Gasteiger partial charge in [0, 0.05) is 35.8 Å². The molecular formula is C13H16N4OS. The number of nitrogens with zero attached hydrogens (tertiary/aromatic N) is 3. The van der Waals surface area contributed by atoms with Crippen LogP contribution in [0.4, 0.5) is 5.13 Å². The van der Waals surface area contributed by atoms with E-state index in [1.165, 1.54) is 24.4 Å². The minimum atomic E-state index is 0.601. The van der Waals surface area contributed by atoms with Crippen LogP contribution >= 0.6 is 11.5 Å². The molecule has 0 saturated heterocycles. The van der Waals surface area contributed by atoms with Crippen LogP contribution in [0, 0.1) is 0 Å². The van der Waals surface area contributed by atoms with Gasteiger partial charge in [0.1, 0.15) is 5.82 Å². The lowest BCUT2D eigenvalue weighted by Gasteiger charge is -2.08. The predicted octanol–water partition coefficient (Wildman–Crippen LogP) is 2.82. The first-order valence-electron chi connectivity index (χ1n) is 6.51. The summed E-state index contributed by atoms with van der Waals surface area (Å²) >= 11 is 1.42. The summed E-state index contributed by atoms with van der Waals surface area (Å²) in [4.78, 5) is 8.73. The zero-order valence-electron chi connectivity index (χ0n) is 10.8. The molecular weight excluding hydrogens is 260 g/mol. The van der Waals surface area contributed by atoms with E-state index in [-0.39, 0.29) is 0 Å². The van der Waals surface area contributed by atoms with Crippen molar-refractivity contribution in [2.75, 3.05) is 11.9 Å². The number of anilines is 1. The summed E-state index contributed by atoms with van der Waals surface area (Å²) in [7, 11) is 0. The van der Waals surface area contributed by atoms with E-state index in [2.05, 4.69) is 19.7 Å². The molecule has 0 bridgehead atoms. The van der Waals surface area contributed by atoms with Crippen LogP contribution in [0.5, 0.6) is 5.88 Å². The molecule has 2 aromatic rings. The maximum absolute atomic E-state index is 5.50. The summed E-state index contributed by atoms with van der Waals surface area (Å²) in [5, 5.41) is 4.16. The first kappa shape index (κ1) is 12.3. The van der Waals surface area contributed by atoms with Crippen molar-refractivity contribution in [1.29, 1.82) is 0 Å². The van der Waals surface area contributed by atoms with Crippen molar-refractivity contribution >= 4 is 16.7 Å². The van der Waals surface area contributed by atoms with Gasteiger partial charge in [0.05, 0.1) is 6.61 Å².